The molecule has 0 aliphatic rings. The summed E-state index contributed by atoms with van der Waals surface area (Å²) in [6, 6.07) is 7.44. The Morgan fingerprint density at radius 2 is 2.13 bits per heavy atom. The van der Waals surface area contributed by atoms with Crippen molar-refractivity contribution in [1.29, 1.82) is 0 Å². The summed E-state index contributed by atoms with van der Waals surface area (Å²) in [4.78, 5) is 11.8. The minimum absolute atomic E-state index is 0.148. The maximum atomic E-state index is 11.8. The molecular formula is C12H16BrNO. The Morgan fingerprint density at radius 1 is 1.47 bits per heavy atom. The smallest absolute Gasteiger partial charge is 0.162 e. The average Bonchev–Trinajstić information content (AvgIpc) is 2.13. The molecule has 1 aromatic carbocycles. The van der Waals surface area contributed by atoms with Gasteiger partial charge in [0.15, 0.2) is 5.78 Å². The van der Waals surface area contributed by atoms with Gasteiger partial charge in [-0.15, -0.1) is 0 Å². The Kier molecular flexibility index (Phi) is 4.05. The average molecular weight is 270 g/mol. The van der Waals surface area contributed by atoms with Crippen LogP contribution in [0.2, 0.25) is 0 Å². The molecule has 0 saturated carbocycles. The van der Waals surface area contributed by atoms with Crippen LogP contribution in [0.3, 0.4) is 0 Å². The van der Waals surface area contributed by atoms with Crippen LogP contribution in [0.5, 0.6) is 0 Å². The van der Waals surface area contributed by atoms with Crippen molar-refractivity contribution in [3.05, 3.63) is 34.3 Å². The second-order valence-corrected chi connectivity index (χ2v) is 5.34. The molecule has 0 aromatic heterocycles. The normalized spacial score (nSPS) is 11.5. The number of carbonyl (C=O) groups is 1. The van der Waals surface area contributed by atoms with E-state index in [4.69, 9.17) is 5.73 Å². The minimum Gasteiger partial charge on any atom is -0.326 e. The van der Waals surface area contributed by atoms with E-state index in [1.165, 1.54) is 0 Å². The van der Waals surface area contributed by atoms with Crippen molar-refractivity contribution >= 4 is 21.7 Å². The van der Waals surface area contributed by atoms with E-state index in [1.807, 2.05) is 38.1 Å². The zero-order valence-corrected chi connectivity index (χ0v) is 10.7. The topological polar surface area (TPSA) is 43.1 Å². The molecule has 0 heterocycles. The summed E-state index contributed by atoms with van der Waals surface area (Å²) in [6.45, 7) is 3.86. The first-order valence-electron chi connectivity index (χ1n) is 4.96. The predicted molar refractivity (Wildman–Crippen MR) is 66.0 cm³/mol. The quantitative estimate of drug-likeness (QED) is 0.854. The van der Waals surface area contributed by atoms with Gasteiger partial charge in [-0.3, -0.25) is 4.79 Å². The number of hydrogen-bond acceptors (Lipinski definition) is 2. The fourth-order valence-corrected chi connectivity index (χ4v) is 1.64. The van der Waals surface area contributed by atoms with Gasteiger partial charge in [0, 0.05) is 22.0 Å². The predicted octanol–water partition coefficient (Wildman–Crippen LogP) is 3.15. The second kappa shape index (κ2) is 4.90. The number of hydrogen-bond donors (Lipinski definition) is 1. The summed E-state index contributed by atoms with van der Waals surface area (Å²) in [5.74, 6) is 0.148. The van der Waals surface area contributed by atoms with E-state index in [9.17, 15) is 4.79 Å². The van der Waals surface area contributed by atoms with Gasteiger partial charge in [-0.05, 0) is 32.4 Å². The van der Waals surface area contributed by atoms with E-state index >= 15 is 0 Å². The molecule has 0 radical (unpaired) electrons. The summed E-state index contributed by atoms with van der Waals surface area (Å²) in [7, 11) is 0. The standard InChI is InChI=1S/C12H16BrNO/c1-12(2,14)7-6-11(15)9-4-3-5-10(13)8-9/h3-5,8H,6-7,14H2,1-2H3. The Balaban J connectivity index is 2.62. The molecule has 0 fully saturated rings. The summed E-state index contributed by atoms with van der Waals surface area (Å²) < 4.78 is 0.931. The number of benzene rings is 1. The Bertz CT molecular complexity index is 355. The SMILES string of the molecule is CC(C)(N)CCC(=O)c1cccc(Br)c1. The summed E-state index contributed by atoms with van der Waals surface area (Å²) in [5, 5.41) is 0. The third kappa shape index (κ3) is 4.58. The molecule has 0 unspecified atom stereocenters. The lowest BCUT2D eigenvalue weighted by molar-refractivity contribution is 0.0972. The molecule has 15 heavy (non-hydrogen) atoms. The van der Waals surface area contributed by atoms with Crippen LogP contribution in [0.25, 0.3) is 0 Å². The Hall–Kier alpha value is -0.670. The van der Waals surface area contributed by atoms with Crippen molar-refractivity contribution < 1.29 is 4.79 Å². The van der Waals surface area contributed by atoms with Gasteiger partial charge in [-0.1, -0.05) is 28.1 Å². The zero-order valence-electron chi connectivity index (χ0n) is 9.09. The third-order valence-electron chi connectivity index (χ3n) is 2.14. The molecule has 1 rings (SSSR count). The van der Waals surface area contributed by atoms with Crippen molar-refractivity contribution in [2.75, 3.05) is 0 Å². The molecule has 1 aromatic rings. The number of carbonyl (C=O) groups excluding carboxylic acids is 1. The first-order chi connectivity index (χ1) is 6.88. The zero-order chi connectivity index (χ0) is 11.5. The molecule has 0 bridgehead atoms. The molecule has 2 N–H and O–H groups in total. The van der Waals surface area contributed by atoms with Gasteiger partial charge < -0.3 is 5.73 Å². The van der Waals surface area contributed by atoms with Crippen LogP contribution in [0, 0.1) is 0 Å². The lowest BCUT2D eigenvalue weighted by Gasteiger charge is -2.17. The lowest BCUT2D eigenvalue weighted by atomic mass is 9.96. The summed E-state index contributed by atoms with van der Waals surface area (Å²) >= 11 is 3.34. The molecule has 0 amide bonds. The van der Waals surface area contributed by atoms with E-state index in [-0.39, 0.29) is 11.3 Å². The van der Waals surface area contributed by atoms with Crippen molar-refractivity contribution in [3.63, 3.8) is 0 Å². The van der Waals surface area contributed by atoms with Crippen LogP contribution < -0.4 is 5.73 Å². The van der Waals surface area contributed by atoms with Crippen LogP contribution in [0.4, 0.5) is 0 Å². The molecule has 0 aliphatic heterocycles. The van der Waals surface area contributed by atoms with Gasteiger partial charge in [0.25, 0.3) is 0 Å². The van der Waals surface area contributed by atoms with Gasteiger partial charge in [-0.25, -0.2) is 0 Å². The van der Waals surface area contributed by atoms with Gasteiger partial charge in [0.1, 0.15) is 0 Å². The molecule has 2 nitrogen and oxygen atoms in total. The van der Waals surface area contributed by atoms with E-state index in [0.717, 1.165) is 10.0 Å². The molecule has 3 heteroatoms. The maximum absolute atomic E-state index is 11.8. The van der Waals surface area contributed by atoms with Crippen LogP contribution in [-0.4, -0.2) is 11.3 Å². The lowest BCUT2D eigenvalue weighted by Crippen LogP contribution is -2.32. The number of ketones is 1. The van der Waals surface area contributed by atoms with Gasteiger partial charge in [0.2, 0.25) is 0 Å². The van der Waals surface area contributed by atoms with Crippen LogP contribution in [0.15, 0.2) is 28.7 Å². The Morgan fingerprint density at radius 3 is 2.67 bits per heavy atom. The number of nitrogens with two attached hydrogens (primary N) is 1. The maximum Gasteiger partial charge on any atom is 0.162 e. The monoisotopic (exact) mass is 269 g/mol. The highest BCUT2D eigenvalue weighted by Gasteiger charge is 2.14. The molecule has 0 atom stereocenters. The molecule has 0 saturated heterocycles. The first kappa shape index (κ1) is 12.4. The fraction of sp³-hybridized carbons (Fsp3) is 0.417. The second-order valence-electron chi connectivity index (χ2n) is 4.42. The van der Waals surface area contributed by atoms with Crippen molar-refractivity contribution in [2.45, 2.75) is 32.2 Å². The molecule has 0 spiro atoms. The highest BCUT2D eigenvalue weighted by Crippen LogP contribution is 2.15. The van der Waals surface area contributed by atoms with Crippen LogP contribution in [0.1, 0.15) is 37.0 Å². The largest absolute Gasteiger partial charge is 0.326 e. The highest BCUT2D eigenvalue weighted by atomic mass is 79.9. The van der Waals surface area contributed by atoms with Gasteiger partial charge in [-0.2, -0.15) is 0 Å². The minimum atomic E-state index is -0.276. The van der Waals surface area contributed by atoms with Gasteiger partial charge in [0.05, 0.1) is 0 Å². The fourth-order valence-electron chi connectivity index (χ4n) is 1.24. The van der Waals surface area contributed by atoms with Crippen LogP contribution in [-0.2, 0) is 0 Å². The van der Waals surface area contributed by atoms with E-state index in [1.54, 1.807) is 0 Å². The number of halogens is 1. The number of Topliss-reactive ketones (excluding diaryl/α,β-unsaturated/α-hetero) is 1. The molecule has 0 aliphatic carbocycles. The van der Waals surface area contributed by atoms with Crippen molar-refractivity contribution in [3.8, 4) is 0 Å². The van der Waals surface area contributed by atoms with E-state index < -0.39 is 0 Å². The molecule has 82 valence electrons. The van der Waals surface area contributed by atoms with Crippen LogP contribution >= 0.6 is 15.9 Å². The number of rotatable bonds is 4. The van der Waals surface area contributed by atoms with Crippen molar-refractivity contribution in [1.82, 2.24) is 0 Å². The summed E-state index contributed by atoms with van der Waals surface area (Å²) in [5.41, 5.74) is 6.30. The van der Waals surface area contributed by atoms with Gasteiger partial charge >= 0.3 is 0 Å². The first-order valence-corrected chi connectivity index (χ1v) is 5.75. The summed E-state index contributed by atoms with van der Waals surface area (Å²) in [6.07, 6.45) is 1.21. The molecular weight excluding hydrogens is 254 g/mol. The Labute approximate surface area is 99.0 Å². The third-order valence-corrected chi connectivity index (χ3v) is 2.64. The highest BCUT2D eigenvalue weighted by molar-refractivity contribution is 9.10. The van der Waals surface area contributed by atoms with Crippen molar-refractivity contribution in [2.24, 2.45) is 5.73 Å². The van der Waals surface area contributed by atoms with E-state index in [0.29, 0.717) is 12.8 Å². The van der Waals surface area contributed by atoms with E-state index in [2.05, 4.69) is 15.9 Å².